The van der Waals surface area contributed by atoms with Gasteiger partial charge in [0.05, 0.1) is 0 Å². The van der Waals surface area contributed by atoms with Crippen molar-refractivity contribution in [2.24, 2.45) is 11.8 Å². The largest absolute Gasteiger partial charge is 0.479 e. The molecule has 0 aromatic heterocycles. The average molecular weight is 214 g/mol. The highest BCUT2D eigenvalue weighted by atomic mass is 16.5. The van der Waals surface area contributed by atoms with Gasteiger partial charge in [-0.1, -0.05) is 39.0 Å². The molecule has 0 radical (unpaired) electrons. The first-order valence-corrected chi connectivity index (χ1v) is 5.93. The van der Waals surface area contributed by atoms with Crippen LogP contribution in [-0.2, 0) is 9.53 Å². The number of carboxylic acid groups (broad SMARTS) is 1. The SMILES string of the molecule is CCC1CCC(CC(OC)C(=O)O)CC1. The Kier molecular flexibility index (Phi) is 5.09. The Morgan fingerprint density at radius 3 is 2.27 bits per heavy atom. The van der Waals surface area contributed by atoms with Crippen molar-refractivity contribution in [1.82, 2.24) is 0 Å². The summed E-state index contributed by atoms with van der Waals surface area (Å²) in [6.07, 6.45) is 6.21. The van der Waals surface area contributed by atoms with Crippen molar-refractivity contribution < 1.29 is 14.6 Å². The molecule has 1 unspecified atom stereocenters. The minimum absolute atomic E-state index is 0.550. The first-order chi connectivity index (χ1) is 7.17. The lowest BCUT2D eigenvalue weighted by molar-refractivity contribution is -0.149. The van der Waals surface area contributed by atoms with Crippen LogP contribution in [0.15, 0.2) is 0 Å². The fourth-order valence-corrected chi connectivity index (χ4v) is 2.48. The molecule has 88 valence electrons. The molecule has 15 heavy (non-hydrogen) atoms. The predicted octanol–water partition coefficient (Wildman–Crippen LogP) is 2.69. The van der Waals surface area contributed by atoms with Gasteiger partial charge in [0, 0.05) is 7.11 Å². The van der Waals surface area contributed by atoms with E-state index in [1.807, 2.05) is 0 Å². The maximum absolute atomic E-state index is 10.8. The third kappa shape index (κ3) is 3.82. The summed E-state index contributed by atoms with van der Waals surface area (Å²) in [5.74, 6) is 0.594. The lowest BCUT2D eigenvalue weighted by Gasteiger charge is -2.29. The fourth-order valence-electron chi connectivity index (χ4n) is 2.48. The van der Waals surface area contributed by atoms with Crippen LogP contribution in [0.2, 0.25) is 0 Å². The minimum Gasteiger partial charge on any atom is -0.479 e. The summed E-state index contributed by atoms with van der Waals surface area (Å²) < 4.78 is 4.97. The molecule has 0 aromatic rings. The second-order valence-electron chi connectivity index (χ2n) is 4.59. The standard InChI is InChI=1S/C12H22O3/c1-3-9-4-6-10(7-5-9)8-11(15-2)12(13)14/h9-11H,3-8H2,1-2H3,(H,13,14). The number of hydrogen-bond acceptors (Lipinski definition) is 2. The van der Waals surface area contributed by atoms with Crippen LogP contribution < -0.4 is 0 Å². The number of ether oxygens (including phenoxy) is 1. The van der Waals surface area contributed by atoms with E-state index >= 15 is 0 Å². The molecule has 3 nitrogen and oxygen atoms in total. The molecule has 1 N–H and O–H groups in total. The van der Waals surface area contributed by atoms with Crippen LogP contribution in [0.25, 0.3) is 0 Å². The van der Waals surface area contributed by atoms with Gasteiger partial charge in [0.1, 0.15) is 0 Å². The average Bonchev–Trinajstić information content (AvgIpc) is 2.26. The summed E-state index contributed by atoms with van der Waals surface area (Å²) in [5.41, 5.74) is 0. The van der Waals surface area contributed by atoms with Crippen molar-refractivity contribution in [2.45, 2.75) is 51.6 Å². The maximum Gasteiger partial charge on any atom is 0.332 e. The predicted molar refractivity (Wildman–Crippen MR) is 58.8 cm³/mol. The van der Waals surface area contributed by atoms with E-state index in [1.165, 1.54) is 39.2 Å². The normalized spacial score (nSPS) is 28.7. The first-order valence-electron chi connectivity index (χ1n) is 5.93. The van der Waals surface area contributed by atoms with Crippen LogP contribution in [-0.4, -0.2) is 24.3 Å². The molecule has 1 rings (SSSR count). The van der Waals surface area contributed by atoms with Crippen molar-refractivity contribution in [2.75, 3.05) is 7.11 Å². The molecule has 1 aliphatic rings. The summed E-state index contributed by atoms with van der Waals surface area (Å²) in [4.78, 5) is 10.8. The van der Waals surface area contributed by atoms with Crippen LogP contribution in [0.1, 0.15) is 45.4 Å². The molecule has 0 spiro atoms. The Balaban J connectivity index is 2.31. The fraction of sp³-hybridized carbons (Fsp3) is 0.917. The molecule has 0 saturated heterocycles. The topological polar surface area (TPSA) is 46.5 Å². The van der Waals surface area contributed by atoms with Crippen LogP contribution in [0, 0.1) is 11.8 Å². The summed E-state index contributed by atoms with van der Waals surface area (Å²) in [6.45, 7) is 2.24. The van der Waals surface area contributed by atoms with Gasteiger partial charge in [-0.05, 0) is 18.3 Å². The quantitative estimate of drug-likeness (QED) is 0.765. The third-order valence-corrected chi connectivity index (χ3v) is 3.65. The number of hydrogen-bond donors (Lipinski definition) is 1. The molecule has 0 bridgehead atoms. The molecule has 3 heteroatoms. The van der Waals surface area contributed by atoms with Crippen molar-refractivity contribution in [3.05, 3.63) is 0 Å². The van der Waals surface area contributed by atoms with Crippen LogP contribution in [0.5, 0.6) is 0 Å². The van der Waals surface area contributed by atoms with Crippen molar-refractivity contribution in [3.63, 3.8) is 0 Å². The van der Waals surface area contributed by atoms with Gasteiger partial charge in [0.2, 0.25) is 0 Å². The third-order valence-electron chi connectivity index (χ3n) is 3.65. The van der Waals surface area contributed by atoms with Gasteiger partial charge < -0.3 is 9.84 Å². The second kappa shape index (κ2) is 6.11. The number of rotatable bonds is 5. The van der Waals surface area contributed by atoms with Crippen molar-refractivity contribution in [3.8, 4) is 0 Å². The second-order valence-corrected chi connectivity index (χ2v) is 4.59. The molecule has 0 heterocycles. The van der Waals surface area contributed by atoms with Gasteiger partial charge in [-0.2, -0.15) is 0 Å². The maximum atomic E-state index is 10.8. The van der Waals surface area contributed by atoms with Crippen LogP contribution >= 0.6 is 0 Å². The van der Waals surface area contributed by atoms with Gasteiger partial charge >= 0.3 is 5.97 Å². The first kappa shape index (κ1) is 12.5. The summed E-state index contributed by atoms with van der Waals surface area (Å²) in [7, 11) is 1.48. The van der Waals surface area contributed by atoms with Crippen molar-refractivity contribution >= 4 is 5.97 Å². The monoisotopic (exact) mass is 214 g/mol. The lowest BCUT2D eigenvalue weighted by atomic mass is 9.78. The molecule has 1 fully saturated rings. The van der Waals surface area contributed by atoms with E-state index in [0.29, 0.717) is 12.3 Å². The highest BCUT2D eigenvalue weighted by Crippen LogP contribution is 2.33. The number of aliphatic carboxylic acids is 1. The molecular weight excluding hydrogens is 192 g/mol. The van der Waals surface area contributed by atoms with E-state index in [1.54, 1.807) is 0 Å². The van der Waals surface area contributed by atoms with Gasteiger partial charge in [0.25, 0.3) is 0 Å². The molecule has 0 amide bonds. The number of carboxylic acids is 1. The van der Waals surface area contributed by atoms with Crippen LogP contribution in [0.3, 0.4) is 0 Å². The molecule has 1 aliphatic carbocycles. The van der Waals surface area contributed by atoms with Crippen LogP contribution in [0.4, 0.5) is 0 Å². The minimum atomic E-state index is -0.824. The van der Waals surface area contributed by atoms with E-state index in [9.17, 15) is 4.79 Å². The van der Waals surface area contributed by atoms with Crippen molar-refractivity contribution in [1.29, 1.82) is 0 Å². The van der Waals surface area contributed by atoms with Gasteiger partial charge in [-0.25, -0.2) is 4.79 Å². The smallest absolute Gasteiger partial charge is 0.332 e. The van der Waals surface area contributed by atoms with Gasteiger partial charge in [-0.3, -0.25) is 0 Å². The van der Waals surface area contributed by atoms with E-state index in [0.717, 1.165) is 5.92 Å². The Bertz CT molecular complexity index is 195. The lowest BCUT2D eigenvalue weighted by Crippen LogP contribution is -2.27. The zero-order chi connectivity index (χ0) is 11.3. The summed E-state index contributed by atoms with van der Waals surface area (Å²) in [5, 5.41) is 8.88. The van der Waals surface area contributed by atoms with E-state index in [2.05, 4.69) is 6.92 Å². The highest BCUT2D eigenvalue weighted by Gasteiger charge is 2.25. The Morgan fingerprint density at radius 1 is 1.33 bits per heavy atom. The number of carbonyl (C=O) groups is 1. The van der Waals surface area contributed by atoms with Gasteiger partial charge in [0.15, 0.2) is 6.10 Å². The molecular formula is C12H22O3. The Labute approximate surface area is 91.8 Å². The molecule has 1 saturated carbocycles. The van der Waals surface area contributed by atoms with E-state index in [-0.39, 0.29) is 0 Å². The highest BCUT2D eigenvalue weighted by molar-refractivity contribution is 5.72. The summed E-state index contributed by atoms with van der Waals surface area (Å²) in [6, 6.07) is 0. The zero-order valence-corrected chi connectivity index (χ0v) is 9.74. The Hall–Kier alpha value is -0.570. The van der Waals surface area contributed by atoms with Gasteiger partial charge in [-0.15, -0.1) is 0 Å². The number of methoxy groups -OCH3 is 1. The molecule has 0 aromatic carbocycles. The Morgan fingerprint density at radius 2 is 1.87 bits per heavy atom. The molecule has 0 aliphatic heterocycles. The zero-order valence-electron chi connectivity index (χ0n) is 9.74. The summed E-state index contributed by atoms with van der Waals surface area (Å²) >= 11 is 0. The van der Waals surface area contributed by atoms with E-state index < -0.39 is 12.1 Å². The van der Waals surface area contributed by atoms with E-state index in [4.69, 9.17) is 9.84 Å². The molecule has 1 atom stereocenters.